The summed E-state index contributed by atoms with van der Waals surface area (Å²) >= 11 is 0. The molecule has 12 heavy (non-hydrogen) atoms. The van der Waals surface area contributed by atoms with Gasteiger partial charge in [-0.15, -0.1) is 0 Å². The van der Waals surface area contributed by atoms with E-state index < -0.39 is 0 Å². The summed E-state index contributed by atoms with van der Waals surface area (Å²) in [5.41, 5.74) is 11.5. The summed E-state index contributed by atoms with van der Waals surface area (Å²) in [6, 6.07) is 0. The highest BCUT2D eigenvalue weighted by Gasteiger charge is 2.38. The van der Waals surface area contributed by atoms with Gasteiger partial charge in [0.25, 0.3) is 0 Å². The van der Waals surface area contributed by atoms with Crippen molar-refractivity contribution in [3.8, 4) is 0 Å². The minimum atomic E-state index is 0.666. The molecule has 0 aliphatic heterocycles. The molecular weight excluding hydrogens is 148 g/mol. The van der Waals surface area contributed by atoms with Gasteiger partial charge in [0.1, 0.15) is 0 Å². The zero-order valence-corrected chi connectivity index (χ0v) is 7.45. The third-order valence-corrected chi connectivity index (χ3v) is 3.63. The first-order chi connectivity index (χ1) is 5.86. The van der Waals surface area contributed by atoms with Crippen LogP contribution in [0.5, 0.6) is 0 Å². The third-order valence-electron chi connectivity index (χ3n) is 3.63. The van der Waals surface area contributed by atoms with E-state index in [1.165, 1.54) is 12.8 Å². The van der Waals surface area contributed by atoms with Crippen LogP contribution < -0.4 is 11.5 Å². The van der Waals surface area contributed by atoms with Crippen LogP contribution in [0, 0.1) is 23.7 Å². The molecule has 0 aromatic rings. The SMILES string of the molecule is NC[C@@H]1[C@H](CN)[C@H]2C=C[C@@H]1CC2. The van der Waals surface area contributed by atoms with Gasteiger partial charge in [0.05, 0.1) is 0 Å². The second kappa shape index (κ2) is 3.19. The fourth-order valence-electron chi connectivity index (χ4n) is 2.91. The number of hydrogen-bond donors (Lipinski definition) is 2. The van der Waals surface area contributed by atoms with E-state index in [-0.39, 0.29) is 0 Å². The molecule has 0 aromatic heterocycles. The van der Waals surface area contributed by atoms with Gasteiger partial charge in [-0.2, -0.15) is 0 Å². The van der Waals surface area contributed by atoms with Crippen molar-refractivity contribution < 1.29 is 0 Å². The van der Waals surface area contributed by atoms with E-state index in [2.05, 4.69) is 12.2 Å². The topological polar surface area (TPSA) is 52.0 Å². The minimum absolute atomic E-state index is 0.666. The van der Waals surface area contributed by atoms with Crippen molar-refractivity contribution in [1.82, 2.24) is 0 Å². The van der Waals surface area contributed by atoms with Crippen molar-refractivity contribution in [1.29, 1.82) is 0 Å². The van der Waals surface area contributed by atoms with Gasteiger partial charge >= 0.3 is 0 Å². The summed E-state index contributed by atoms with van der Waals surface area (Å²) in [5.74, 6) is 2.79. The van der Waals surface area contributed by atoms with E-state index >= 15 is 0 Å². The molecule has 0 heterocycles. The molecule has 0 aromatic carbocycles. The zero-order valence-electron chi connectivity index (χ0n) is 7.45. The van der Waals surface area contributed by atoms with E-state index in [9.17, 15) is 0 Å². The molecule has 68 valence electrons. The first-order valence-electron chi connectivity index (χ1n) is 4.95. The van der Waals surface area contributed by atoms with Crippen molar-refractivity contribution in [3.05, 3.63) is 12.2 Å². The summed E-state index contributed by atoms with van der Waals surface area (Å²) in [7, 11) is 0. The molecule has 4 atom stereocenters. The number of nitrogens with two attached hydrogens (primary N) is 2. The van der Waals surface area contributed by atoms with Crippen molar-refractivity contribution in [2.24, 2.45) is 35.1 Å². The van der Waals surface area contributed by atoms with Crippen LogP contribution in [0.4, 0.5) is 0 Å². The van der Waals surface area contributed by atoms with Gasteiger partial charge in [0.2, 0.25) is 0 Å². The van der Waals surface area contributed by atoms with Gasteiger partial charge in [-0.25, -0.2) is 0 Å². The van der Waals surface area contributed by atoms with Gasteiger partial charge < -0.3 is 11.5 Å². The van der Waals surface area contributed by atoms with Gasteiger partial charge in [0.15, 0.2) is 0 Å². The van der Waals surface area contributed by atoms with Crippen LogP contribution in [0.3, 0.4) is 0 Å². The number of fused-ring (bicyclic) bond motifs is 2. The first kappa shape index (κ1) is 8.27. The summed E-state index contributed by atoms with van der Waals surface area (Å²) in [6.45, 7) is 1.63. The van der Waals surface area contributed by atoms with Crippen molar-refractivity contribution in [2.75, 3.05) is 13.1 Å². The molecule has 0 spiro atoms. The Labute approximate surface area is 74.0 Å². The highest BCUT2D eigenvalue weighted by Crippen LogP contribution is 2.43. The van der Waals surface area contributed by atoms with E-state index in [0.29, 0.717) is 11.8 Å². The van der Waals surface area contributed by atoms with Crippen molar-refractivity contribution in [3.63, 3.8) is 0 Å². The number of allylic oxidation sites excluding steroid dienone is 2. The Bertz CT molecular complexity index is 168. The average Bonchev–Trinajstić information content (AvgIpc) is 2.18. The van der Waals surface area contributed by atoms with E-state index in [0.717, 1.165) is 24.9 Å². The van der Waals surface area contributed by atoms with Crippen molar-refractivity contribution in [2.45, 2.75) is 12.8 Å². The Balaban J connectivity index is 2.18. The normalized spacial score (nSPS) is 45.2. The highest BCUT2D eigenvalue weighted by atomic mass is 14.6. The van der Waals surface area contributed by atoms with Gasteiger partial charge in [0, 0.05) is 0 Å². The molecule has 0 amide bonds. The maximum Gasteiger partial charge on any atom is -0.00399 e. The Kier molecular flexibility index (Phi) is 2.20. The maximum atomic E-state index is 5.77. The fourth-order valence-corrected chi connectivity index (χ4v) is 2.91. The highest BCUT2D eigenvalue weighted by molar-refractivity contribution is 5.09. The lowest BCUT2D eigenvalue weighted by molar-refractivity contribution is 0.134. The van der Waals surface area contributed by atoms with Gasteiger partial charge in [-0.05, 0) is 49.6 Å². The molecule has 0 unspecified atom stereocenters. The number of rotatable bonds is 2. The molecule has 2 bridgehead atoms. The first-order valence-corrected chi connectivity index (χ1v) is 4.95. The maximum absolute atomic E-state index is 5.77. The van der Waals surface area contributed by atoms with Crippen LogP contribution >= 0.6 is 0 Å². The molecule has 2 nitrogen and oxygen atoms in total. The number of hydrogen-bond acceptors (Lipinski definition) is 2. The Morgan fingerprint density at radius 2 is 1.33 bits per heavy atom. The lowest BCUT2D eigenvalue weighted by Gasteiger charge is -2.44. The standard InChI is InChI=1S/C10H18N2/c11-5-9-7-1-2-8(4-3-7)10(9)6-12/h1-2,7-10H,3-6,11-12H2/t7-,8+,9+,10-. The second-order valence-electron chi connectivity index (χ2n) is 4.09. The quantitative estimate of drug-likeness (QED) is 0.594. The Hall–Kier alpha value is -0.340. The monoisotopic (exact) mass is 166 g/mol. The Morgan fingerprint density at radius 1 is 0.917 bits per heavy atom. The van der Waals surface area contributed by atoms with Crippen LogP contribution in [0.2, 0.25) is 0 Å². The lowest BCUT2D eigenvalue weighted by Crippen LogP contribution is -2.44. The summed E-state index contributed by atoms with van der Waals surface area (Å²) in [5, 5.41) is 0. The minimum Gasteiger partial charge on any atom is -0.330 e. The van der Waals surface area contributed by atoms with Crippen LogP contribution in [0.15, 0.2) is 12.2 Å². The Morgan fingerprint density at radius 3 is 1.58 bits per heavy atom. The molecule has 3 aliphatic carbocycles. The van der Waals surface area contributed by atoms with E-state index in [4.69, 9.17) is 11.5 Å². The second-order valence-corrected chi connectivity index (χ2v) is 4.09. The fraction of sp³-hybridized carbons (Fsp3) is 0.800. The molecule has 0 saturated heterocycles. The van der Waals surface area contributed by atoms with Gasteiger partial charge in [-0.1, -0.05) is 12.2 Å². The molecule has 4 N–H and O–H groups in total. The van der Waals surface area contributed by atoms with E-state index in [1.807, 2.05) is 0 Å². The molecule has 1 fully saturated rings. The van der Waals surface area contributed by atoms with Crippen LogP contribution in [-0.4, -0.2) is 13.1 Å². The van der Waals surface area contributed by atoms with Crippen LogP contribution in [-0.2, 0) is 0 Å². The predicted molar refractivity (Wildman–Crippen MR) is 50.4 cm³/mol. The summed E-state index contributed by atoms with van der Waals surface area (Å²) < 4.78 is 0. The molecule has 1 saturated carbocycles. The predicted octanol–water partition coefficient (Wildman–Crippen LogP) is 0.732. The average molecular weight is 166 g/mol. The van der Waals surface area contributed by atoms with Gasteiger partial charge in [-0.3, -0.25) is 0 Å². The molecule has 0 radical (unpaired) electrons. The van der Waals surface area contributed by atoms with Crippen LogP contribution in [0.1, 0.15) is 12.8 Å². The molecular formula is C10H18N2. The van der Waals surface area contributed by atoms with Crippen molar-refractivity contribution >= 4 is 0 Å². The lowest BCUT2D eigenvalue weighted by atomic mass is 9.62. The summed E-state index contributed by atoms with van der Waals surface area (Å²) in [4.78, 5) is 0. The molecule has 3 aliphatic rings. The zero-order chi connectivity index (χ0) is 8.55. The largest absolute Gasteiger partial charge is 0.330 e. The molecule has 3 rings (SSSR count). The third kappa shape index (κ3) is 1.10. The van der Waals surface area contributed by atoms with Crippen LogP contribution in [0.25, 0.3) is 0 Å². The smallest absolute Gasteiger partial charge is 0.00399 e. The van der Waals surface area contributed by atoms with E-state index in [1.54, 1.807) is 0 Å². The summed E-state index contributed by atoms with van der Waals surface area (Å²) in [6.07, 6.45) is 7.38. The molecule has 2 heteroatoms.